The third-order valence-electron chi connectivity index (χ3n) is 5.06. The first kappa shape index (κ1) is 19.1. The number of benzene rings is 2. The van der Waals surface area contributed by atoms with Gasteiger partial charge < -0.3 is 19.9 Å². The highest BCUT2D eigenvalue weighted by Crippen LogP contribution is 2.29. The number of hydrogen-bond acceptors (Lipinski definition) is 3. The lowest BCUT2D eigenvalue weighted by Gasteiger charge is -2.37. The maximum absolute atomic E-state index is 12.7. The molecule has 1 N–H and O–H groups in total. The van der Waals surface area contributed by atoms with E-state index < -0.39 is 0 Å². The van der Waals surface area contributed by atoms with E-state index in [2.05, 4.69) is 48.3 Å². The number of carbonyl (C=O) groups is 1. The maximum Gasteiger partial charge on any atom is 0.322 e. The zero-order valence-corrected chi connectivity index (χ0v) is 16.7. The van der Waals surface area contributed by atoms with Crippen LogP contribution in [-0.2, 0) is 0 Å². The number of rotatable bonds is 4. The summed E-state index contributed by atoms with van der Waals surface area (Å²) in [5, 5.41) is 3.00. The minimum Gasteiger partial charge on any atom is -0.495 e. The molecule has 144 valence electrons. The van der Waals surface area contributed by atoms with Gasteiger partial charge in [-0.15, -0.1) is 0 Å². The van der Waals surface area contributed by atoms with Crippen molar-refractivity contribution >= 4 is 17.4 Å². The number of carbonyl (C=O) groups excluding carboxylic acids is 1. The fraction of sp³-hybridized carbons (Fsp3) is 0.409. The first-order valence-electron chi connectivity index (χ1n) is 9.54. The van der Waals surface area contributed by atoms with Gasteiger partial charge in [0.15, 0.2) is 0 Å². The Balaban J connectivity index is 1.64. The van der Waals surface area contributed by atoms with Gasteiger partial charge in [-0.3, -0.25) is 0 Å². The molecule has 0 radical (unpaired) electrons. The van der Waals surface area contributed by atoms with E-state index in [4.69, 9.17) is 4.74 Å². The Hall–Kier alpha value is -2.69. The largest absolute Gasteiger partial charge is 0.495 e. The van der Waals surface area contributed by atoms with Crippen molar-refractivity contribution in [2.45, 2.75) is 26.7 Å². The van der Waals surface area contributed by atoms with E-state index in [9.17, 15) is 4.79 Å². The van der Waals surface area contributed by atoms with Crippen molar-refractivity contribution in [2.75, 3.05) is 43.5 Å². The molecule has 1 aliphatic rings. The van der Waals surface area contributed by atoms with E-state index in [0.29, 0.717) is 24.8 Å². The van der Waals surface area contributed by atoms with Gasteiger partial charge in [0, 0.05) is 31.9 Å². The molecule has 2 aromatic carbocycles. The molecule has 0 aromatic heterocycles. The average molecular weight is 367 g/mol. The van der Waals surface area contributed by atoms with E-state index in [1.165, 1.54) is 11.3 Å². The molecule has 5 heteroatoms. The highest BCUT2D eigenvalue weighted by Gasteiger charge is 2.23. The Morgan fingerprint density at radius 1 is 1.07 bits per heavy atom. The van der Waals surface area contributed by atoms with Gasteiger partial charge in [-0.2, -0.15) is 0 Å². The number of piperazine rings is 1. The molecule has 0 aliphatic carbocycles. The van der Waals surface area contributed by atoms with E-state index in [1.54, 1.807) is 7.11 Å². The Morgan fingerprint density at radius 2 is 1.78 bits per heavy atom. The lowest BCUT2D eigenvalue weighted by molar-refractivity contribution is 0.208. The van der Waals surface area contributed by atoms with Gasteiger partial charge in [0.25, 0.3) is 0 Å². The highest BCUT2D eigenvalue weighted by molar-refractivity contribution is 5.91. The second-order valence-electron chi connectivity index (χ2n) is 7.32. The summed E-state index contributed by atoms with van der Waals surface area (Å²) in [5.41, 5.74) is 4.45. The first-order chi connectivity index (χ1) is 13.0. The number of ether oxygens (including phenoxy) is 1. The Bertz CT molecular complexity index is 796. The van der Waals surface area contributed by atoms with Crippen LogP contribution in [0.15, 0.2) is 42.5 Å². The van der Waals surface area contributed by atoms with Crippen LogP contribution in [0.2, 0.25) is 0 Å². The number of nitrogens with one attached hydrogen (secondary N) is 1. The fourth-order valence-corrected chi connectivity index (χ4v) is 3.53. The van der Waals surface area contributed by atoms with Crippen LogP contribution >= 0.6 is 0 Å². The molecular weight excluding hydrogens is 338 g/mol. The van der Waals surface area contributed by atoms with Gasteiger partial charge in [0.05, 0.1) is 12.8 Å². The Kier molecular flexibility index (Phi) is 5.89. The van der Waals surface area contributed by atoms with Gasteiger partial charge in [-0.05, 0) is 42.2 Å². The van der Waals surface area contributed by atoms with Crippen LogP contribution in [-0.4, -0.2) is 44.2 Å². The summed E-state index contributed by atoms with van der Waals surface area (Å²) < 4.78 is 5.36. The zero-order chi connectivity index (χ0) is 19.4. The molecule has 1 saturated heterocycles. The molecule has 0 spiro atoms. The summed E-state index contributed by atoms with van der Waals surface area (Å²) in [7, 11) is 1.62. The summed E-state index contributed by atoms with van der Waals surface area (Å²) in [6.07, 6.45) is 0. The predicted molar refractivity (Wildman–Crippen MR) is 111 cm³/mol. The van der Waals surface area contributed by atoms with Crippen LogP contribution in [0.5, 0.6) is 5.75 Å². The van der Waals surface area contributed by atoms with Gasteiger partial charge in [0.2, 0.25) is 0 Å². The molecule has 5 nitrogen and oxygen atoms in total. The molecule has 1 aliphatic heterocycles. The summed E-state index contributed by atoms with van der Waals surface area (Å²) in [6, 6.07) is 14.3. The molecule has 0 saturated carbocycles. The molecule has 2 aromatic rings. The van der Waals surface area contributed by atoms with Crippen molar-refractivity contribution < 1.29 is 9.53 Å². The van der Waals surface area contributed by atoms with Crippen molar-refractivity contribution in [3.8, 4) is 5.75 Å². The predicted octanol–water partition coefficient (Wildman–Crippen LogP) is 4.48. The smallest absolute Gasteiger partial charge is 0.322 e. The molecule has 1 heterocycles. The third kappa shape index (κ3) is 4.35. The lowest BCUT2D eigenvalue weighted by Crippen LogP contribution is -2.50. The number of amides is 2. The molecule has 0 unspecified atom stereocenters. The minimum atomic E-state index is -0.0734. The molecule has 0 bridgehead atoms. The van der Waals surface area contributed by atoms with Crippen LogP contribution in [0.25, 0.3) is 0 Å². The third-order valence-corrected chi connectivity index (χ3v) is 5.06. The first-order valence-corrected chi connectivity index (χ1v) is 9.54. The number of aryl methyl sites for hydroxylation is 1. The highest BCUT2D eigenvalue weighted by atomic mass is 16.5. The monoisotopic (exact) mass is 367 g/mol. The van der Waals surface area contributed by atoms with Gasteiger partial charge in [-0.1, -0.05) is 38.1 Å². The van der Waals surface area contributed by atoms with Gasteiger partial charge in [-0.25, -0.2) is 4.79 Å². The van der Waals surface area contributed by atoms with Crippen molar-refractivity contribution in [3.63, 3.8) is 0 Å². The summed E-state index contributed by atoms with van der Waals surface area (Å²) in [5.74, 6) is 1.16. The molecule has 3 rings (SSSR count). The van der Waals surface area contributed by atoms with Gasteiger partial charge in [0.1, 0.15) is 5.75 Å². The normalized spacial score (nSPS) is 14.4. The maximum atomic E-state index is 12.7. The SMILES string of the molecule is COc1ccc(C)cc1NC(=O)N1CCN(c2ccccc2C(C)C)CC1. The summed E-state index contributed by atoms with van der Waals surface area (Å²) in [6.45, 7) is 9.51. The second-order valence-corrected chi connectivity index (χ2v) is 7.32. The Labute approximate surface area is 161 Å². The minimum absolute atomic E-state index is 0.0734. The number of anilines is 2. The number of para-hydroxylation sites is 1. The number of hydrogen-bond donors (Lipinski definition) is 1. The number of urea groups is 1. The van der Waals surface area contributed by atoms with Gasteiger partial charge >= 0.3 is 6.03 Å². The average Bonchev–Trinajstić information content (AvgIpc) is 2.68. The summed E-state index contributed by atoms with van der Waals surface area (Å²) >= 11 is 0. The van der Waals surface area contributed by atoms with E-state index >= 15 is 0 Å². The number of methoxy groups -OCH3 is 1. The quantitative estimate of drug-likeness (QED) is 0.866. The van der Waals surface area contributed by atoms with Crippen molar-refractivity contribution in [1.82, 2.24) is 4.90 Å². The van der Waals surface area contributed by atoms with E-state index in [0.717, 1.165) is 24.3 Å². The van der Waals surface area contributed by atoms with Crippen LogP contribution in [0.3, 0.4) is 0 Å². The fourth-order valence-electron chi connectivity index (χ4n) is 3.53. The molecular formula is C22H29N3O2. The van der Waals surface area contributed by atoms with Crippen molar-refractivity contribution in [3.05, 3.63) is 53.6 Å². The van der Waals surface area contributed by atoms with E-state index in [-0.39, 0.29) is 6.03 Å². The second kappa shape index (κ2) is 8.33. The van der Waals surface area contributed by atoms with E-state index in [1.807, 2.05) is 30.0 Å². The van der Waals surface area contributed by atoms with Crippen LogP contribution < -0.4 is 15.0 Å². The van der Waals surface area contributed by atoms with Crippen molar-refractivity contribution in [1.29, 1.82) is 0 Å². The van der Waals surface area contributed by atoms with Crippen LogP contribution in [0.4, 0.5) is 16.2 Å². The lowest BCUT2D eigenvalue weighted by atomic mass is 10.00. The number of nitrogens with zero attached hydrogens (tertiary/aromatic N) is 2. The topological polar surface area (TPSA) is 44.8 Å². The molecule has 2 amide bonds. The van der Waals surface area contributed by atoms with Crippen LogP contribution in [0.1, 0.15) is 30.9 Å². The standard InChI is InChI=1S/C22H29N3O2/c1-16(2)18-7-5-6-8-20(18)24-11-13-25(14-12-24)22(26)23-19-15-17(3)9-10-21(19)27-4/h5-10,15-16H,11-14H2,1-4H3,(H,23,26). The molecule has 0 atom stereocenters. The summed E-state index contributed by atoms with van der Waals surface area (Å²) in [4.78, 5) is 17.0. The van der Waals surface area contributed by atoms with Crippen LogP contribution in [0, 0.1) is 6.92 Å². The Morgan fingerprint density at radius 3 is 2.44 bits per heavy atom. The molecule has 27 heavy (non-hydrogen) atoms. The zero-order valence-electron chi connectivity index (χ0n) is 16.7. The molecule has 1 fully saturated rings. The van der Waals surface area contributed by atoms with Crippen molar-refractivity contribution in [2.24, 2.45) is 0 Å².